The van der Waals surface area contributed by atoms with Crippen LogP contribution >= 0.6 is 0 Å². The molecule has 0 aliphatic heterocycles. The van der Waals surface area contributed by atoms with Crippen LogP contribution in [0.2, 0.25) is 0 Å². The molecule has 0 amide bonds. The molecule has 0 fully saturated rings. The van der Waals surface area contributed by atoms with E-state index in [9.17, 15) is 9.59 Å². The van der Waals surface area contributed by atoms with Crippen LogP contribution in [-0.2, 0) is 9.53 Å². The summed E-state index contributed by atoms with van der Waals surface area (Å²) < 4.78 is 5.13. The number of carbonyl (C=O) groups excluding carboxylic acids is 1. The van der Waals surface area contributed by atoms with Crippen LogP contribution in [-0.4, -0.2) is 22.5 Å². The maximum absolute atomic E-state index is 11.4. The summed E-state index contributed by atoms with van der Waals surface area (Å²) in [5.74, 6) is 0.481. The Morgan fingerprint density at radius 1 is 1.44 bits per heavy atom. The zero-order valence-corrected chi connectivity index (χ0v) is 11.0. The van der Waals surface area contributed by atoms with Gasteiger partial charge in [0.05, 0.1) is 12.3 Å². The van der Waals surface area contributed by atoms with Crippen LogP contribution in [0.15, 0.2) is 17.1 Å². The van der Waals surface area contributed by atoms with Crippen LogP contribution in [0.25, 0.3) is 6.08 Å². The number of aromatic nitrogens is 2. The standard InChI is InChI=1S/C13H20N2O3/c1-4-9(2)10(3)8-18-12(16)6-5-11-7-14-13(17)15-11/h5-7,9-10H,4,8H2,1-3H3,(H2,14,15,17)/b6-5-. The molecular weight excluding hydrogens is 232 g/mol. The number of imidazole rings is 1. The molecule has 18 heavy (non-hydrogen) atoms. The third-order valence-electron chi connectivity index (χ3n) is 3.12. The fourth-order valence-electron chi connectivity index (χ4n) is 1.42. The van der Waals surface area contributed by atoms with Gasteiger partial charge in [0.15, 0.2) is 0 Å². The van der Waals surface area contributed by atoms with E-state index in [4.69, 9.17) is 4.74 Å². The monoisotopic (exact) mass is 252 g/mol. The normalized spacial score (nSPS) is 14.6. The Morgan fingerprint density at radius 2 is 2.17 bits per heavy atom. The summed E-state index contributed by atoms with van der Waals surface area (Å²) in [7, 11) is 0. The molecule has 0 bridgehead atoms. The zero-order valence-electron chi connectivity index (χ0n) is 11.0. The largest absolute Gasteiger partial charge is 0.462 e. The van der Waals surface area contributed by atoms with Gasteiger partial charge in [0, 0.05) is 12.3 Å². The van der Waals surface area contributed by atoms with Gasteiger partial charge in [-0.05, 0) is 17.9 Å². The van der Waals surface area contributed by atoms with Crippen molar-refractivity contribution in [1.82, 2.24) is 9.97 Å². The number of hydrogen-bond donors (Lipinski definition) is 2. The van der Waals surface area contributed by atoms with Gasteiger partial charge in [0.2, 0.25) is 0 Å². The second kappa shape index (κ2) is 6.83. The van der Waals surface area contributed by atoms with E-state index in [0.717, 1.165) is 6.42 Å². The third kappa shape index (κ3) is 4.61. The minimum Gasteiger partial charge on any atom is -0.462 e. The maximum Gasteiger partial charge on any atom is 0.330 e. The molecule has 2 unspecified atom stereocenters. The van der Waals surface area contributed by atoms with Crippen molar-refractivity contribution < 1.29 is 9.53 Å². The third-order valence-corrected chi connectivity index (χ3v) is 3.12. The number of nitrogens with one attached hydrogen (secondary N) is 2. The molecule has 2 atom stereocenters. The highest BCUT2D eigenvalue weighted by molar-refractivity contribution is 5.86. The first-order chi connectivity index (χ1) is 8.52. The van der Waals surface area contributed by atoms with Crippen molar-refractivity contribution in [3.05, 3.63) is 28.5 Å². The Hall–Kier alpha value is -1.78. The van der Waals surface area contributed by atoms with E-state index in [0.29, 0.717) is 24.1 Å². The molecule has 2 N–H and O–H groups in total. The lowest BCUT2D eigenvalue weighted by molar-refractivity contribution is -0.139. The average Bonchev–Trinajstić information content (AvgIpc) is 2.78. The number of aromatic amines is 2. The highest BCUT2D eigenvalue weighted by Gasteiger charge is 2.11. The number of esters is 1. The van der Waals surface area contributed by atoms with Crippen molar-refractivity contribution in [3.63, 3.8) is 0 Å². The van der Waals surface area contributed by atoms with E-state index >= 15 is 0 Å². The molecular formula is C13H20N2O3. The Balaban J connectivity index is 2.38. The Labute approximate surface area is 106 Å². The van der Waals surface area contributed by atoms with E-state index in [2.05, 4.69) is 30.7 Å². The quantitative estimate of drug-likeness (QED) is 0.600. The number of carbonyl (C=O) groups is 1. The molecule has 100 valence electrons. The molecule has 5 nitrogen and oxygen atoms in total. The van der Waals surface area contributed by atoms with Gasteiger partial charge in [-0.15, -0.1) is 0 Å². The lowest BCUT2D eigenvalue weighted by Gasteiger charge is -2.17. The second-order valence-electron chi connectivity index (χ2n) is 4.52. The van der Waals surface area contributed by atoms with E-state index in [1.807, 2.05) is 0 Å². The summed E-state index contributed by atoms with van der Waals surface area (Å²) in [5, 5.41) is 0. The zero-order chi connectivity index (χ0) is 13.5. The van der Waals surface area contributed by atoms with Gasteiger partial charge >= 0.3 is 11.7 Å². The van der Waals surface area contributed by atoms with Crippen LogP contribution < -0.4 is 5.69 Å². The molecule has 0 saturated carbocycles. The van der Waals surface area contributed by atoms with Gasteiger partial charge in [0.25, 0.3) is 0 Å². The minimum absolute atomic E-state index is 0.298. The molecule has 5 heteroatoms. The predicted molar refractivity (Wildman–Crippen MR) is 70.0 cm³/mol. The smallest absolute Gasteiger partial charge is 0.330 e. The predicted octanol–water partition coefficient (Wildman–Crippen LogP) is 1.94. The Kier molecular flexibility index (Phi) is 5.42. The van der Waals surface area contributed by atoms with Gasteiger partial charge < -0.3 is 14.7 Å². The molecule has 0 spiro atoms. The topological polar surface area (TPSA) is 75.0 Å². The maximum atomic E-state index is 11.4. The van der Waals surface area contributed by atoms with Crippen molar-refractivity contribution in [3.8, 4) is 0 Å². The summed E-state index contributed by atoms with van der Waals surface area (Å²) in [4.78, 5) is 27.2. The van der Waals surface area contributed by atoms with Gasteiger partial charge in [0.1, 0.15) is 0 Å². The van der Waals surface area contributed by atoms with Crippen LogP contribution in [0.5, 0.6) is 0 Å². The summed E-state index contributed by atoms with van der Waals surface area (Å²) in [6.45, 7) is 6.74. The van der Waals surface area contributed by atoms with Crippen molar-refractivity contribution in [2.75, 3.05) is 6.61 Å². The number of rotatable bonds is 6. The van der Waals surface area contributed by atoms with Crippen LogP contribution in [0, 0.1) is 11.8 Å². The fourth-order valence-corrected chi connectivity index (χ4v) is 1.42. The lowest BCUT2D eigenvalue weighted by Crippen LogP contribution is -2.16. The molecule has 0 saturated heterocycles. The summed E-state index contributed by atoms with van der Waals surface area (Å²) in [6.07, 6.45) is 5.38. The average molecular weight is 252 g/mol. The fraction of sp³-hybridized carbons (Fsp3) is 0.538. The van der Waals surface area contributed by atoms with Gasteiger partial charge in [-0.25, -0.2) is 9.59 Å². The van der Waals surface area contributed by atoms with E-state index in [-0.39, 0.29) is 5.69 Å². The lowest BCUT2D eigenvalue weighted by atomic mass is 9.95. The first-order valence-electron chi connectivity index (χ1n) is 6.15. The van der Waals surface area contributed by atoms with E-state index in [1.165, 1.54) is 18.3 Å². The van der Waals surface area contributed by atoms with E-state index < -0.39 is 5.97 Å². The molecule has 1 heterocycles. The molecule has 1 aromatic heterocycles. The van der Waals surface area contributed by atoms with Gasteiger partial charge in [-0.1, -0.05) is 27.2 Å². The van der Waals surface area contributed by atoms with Crippen LogP contribution in [0.1, 0.15) is 32.9 Å². The van der Waals surface area contributed by atoms with Crippen LogP contribution in [0.3, 0.4) is 0 Å². The number of hydrogen-bond acceptors (Lipinski definition) is 3. The molecule has 1 aromatic rings. The minimum atomic E-state index is -0.396. The molecule has 0 aromatic carbocycles. The molecule has 0 radical (unpaired) electrons. The number of ether oxygens (including phenoxy) is 1. The van der Waals surface area contributed by atoms with Crippen molar-refractivity contribution in [1.29, 1.82) is 0 Å². The molecule has 0 aliphatic carbocycles. The Morgan fingerprint density at radius 3 is 2.72 bits per heavy atom. The molecule has 1 rings (SSSR count). The molecule has 0 aliphatic rings. The summed E-state index contributed by atoms with van der Waals surface area (Å²) >= 11 is 0. The summed E-state index contributed by atoms with van der Waals surface area (Å²) in [5.41, 5.74) is 0.250. The highest BCUT2D eigenvalue weighted by atomic mass is 16.5. The number of H-pyrrole nitrogens is 2. The van der Waals surface area contributed by atoms with Crippen LogP contribution in [0.4, 0.5) is 0 Å². The summed E-state index contributed by atoms with van der Waals surface area (Å²) in [6, 6.07) is 0. The van der Waals surface area contributed by atoms with Gasteiger partial charge in [-0.2, -0.15) is 0 Å². The first kappa shape index (κ1) is 14.3. The van der Waals surface area contributed by atoms with E-state index in [1.54, 1.807) is 0 Å². The highest BCUT2D eigenvalue weighted by Crippen LogP contribution is 2.14. The Bertz CT molecular complexity index is 459. The van der Waals surface area contributed by atoms with Crippen molar-refractivity contribution in [2.24, 2.45) is 11.8 Å². The first-order valence-corrected chi connectivity index (χ1v) is 6.15. The SMILES string of the molecule is CCC(C)C(C)COC(=O)/C=C\c1c[nH]c(=O)[nH]1. The van der Waals surface area contributed by atoms with Crippen molar-refractivity contribution in [2.45, 2.75) is 27.2 Å². The second-order valence-corrected chi connectivity index (χ2v) is 4.52. The van der Waals surface area contributed by atoms with Crippen molar-refractivity contribution >= 4 is 12.0 Å². The van der Waals surface area contributed by atoms with Gasteiger partial charge in [-0.3, -0.25) is 0 Å².